The molecule has 71 valence electrons. The van der Waals surface area contributed by atoms with Crippen molar-refractivity contribution in [2.75, 3.05) is 6.61 Å². The van der Waals surface area contributed by atoms with Crippen LogP contribution in [0.1, 0.15) is 5.56 Å². The summed E-state index contributed by atoms with van der Waals surface area (Å²) in [6.07, 6.45) is -4.28. The third-order valence-corrected chi connectivity index (χ3v) is 1.32. The molecule has 0 aliphatic carbocycles. The van der Waals surface area contributed by atoms with Crippen molar-refractivity contribution in [1.82, 2.24) is 0 Å². The lowest BCUT2D eigenvalue weighted by atomic mass is 10.2. The zero-order valence-electron chi connectivity index (χ0n) is 6.98. The van der Waals surface area contributed by atoms with E-state index in [9.17, 15) is 13.2 Å². The van der Waals surface area contributed by atoms with Crippen LogP contribution in [-0.4, -0.2) is 12.8 Å². The van der Waals surface area contributed by atoms with E-state index in [1.165, 1.54) is 18.2 Å². The molecule has 1 nitrogen and oxygen atoms in total. The third-order valence-electron chi connectivity index (χ3n) is 1.32. The molecular weight excluding hydrogens is 181 g/mol. The Morgan fingerprint density at radius 2 is 2.15 bits per heavy atom. The molecular formula is C9H8F3O. The van der Waals surface area contributed by atoms with Gasteiger partial charge in [-0.15, -0.1) is 0 Å². The van der Waals surface area contributed by atoms with Crippen molar-refractivity contribution in [2.24, 2.45) is 0 Å². The van der Waals surface area contributed by atoms with E-state index in [-0.39, 0.29) is 5.75 Å². The minimum Gasteiger partial charge on any atom is -0.484 e. The van der Waals surface area contributed by atoms with Crippen LogP contribution in [0, 0.1) is 13.0 Å². The molecule has 13 heavy (non-hydrogen) atoms. The Bertz CT molecular complexity index is 280. The summed E-state index contributed by atoms with van der Waals surface area (Å²) in [4.78, 5) is 0. The molecule has 0 fully saturated rings. The van der Waals surface area contributed by atoms with E-state index in [0.717, 1.165) is 5.56 Å². The van der Waals surface area contributed by atoms with Gasteiger partial charge in [-0.2, -0.15) is 13.2 Å². The number of benzene rings is 1. The zero-order valence-corrected chi connectivity index (χ0v) is 6.98. The molecule has 0 bridgehead atoms. The lowest BCUT2D eigenvalue weighted by Gasteiger charge is -2.08. The second-order valence-electron chi connectivity index (χ2n) is 2.61. The van der Waals surface area contributed by atoms with Crippen LogP contribution < -0.4 is 4.74 Å². The largest absolute Gasteiger partial charge is 0.484 e. The van der Waals surface area contributed by atoms with E-state index < -0.39 is 12.8 Å². The molecule has 0 N–H and O–H groups in total. The first-order valence-electron chi connectivity index (χ1n) is 3.65. The fourth-order valence-corrected chi connectivity index (χ4v) is 0.813. The molecule has 0 atom stereocenters. The predicted octanol–water partition coefficient (Wildman–Crippen LogP) is 2.74. The molecule has 0 saturated carbocycles. The van der Waals surface area contributed by atoms with Gasteiger partial charge in [0.15, 0.2) is 6.61 Å². The Balaban J connectivity index is 2.55. The first kappa shape index (κ1) is 9.89. The highest BCUT2D eigenvalue weighted by Crippen LogP contribution is 2.18. The summed E-state index contributed by atoms with van der Waals surface area (Å²) in [7, 11) is 0. The molecule has 0 spiro atoms. The highest BCUT2D eigenvalue weighted by Gasteiger charge is 2.28. The van der Waals surface area contributed by atoms with Gasteiger partial charge in [-0.3, -0.25) is 0 Å². The Hall–Kier alpha value is -1.19. The van der Waals surface area contributed by atoms with Gasteiger partial charge < -0.3 is 4.74 Å². The van der Waals surface area contributed by atoms with Crippen LogP contribution in [0.3, 0.4) is 0 Å². The molecule has 1 radical (unpaired) electrons. The third kappa shape index (κ3) is 3.83. The summed E-state index contributed by atoms with van der Waals surface area (Å²) in [6.45, 7) is 0.483. The molecule has 1 rings (SSSR count). The maximum atomic E-state index is 11.7. The smallest absolute Gasteiger partial charge is 0.422 e. The SMILES string of the molecule is Cc1[c]ccc(OCC(F)(F)F)c1. The normalized spacial score (nSPS) is 11.4. The molecule has 0 amide bonds. The number of rotatable bonds is 2. The van der Waals surface area contributed by atoms with Gasteiger partial charge in [-0.25, -0.2) is 0 Å². The first-order chi connectivity index (χ1) is 5.97. The summed E-state index contributed by atoms with van der Waals surface area (Å²) < 4.78 is 39.6. The monoisotopic (exact) mass is 189 g/mol. The van der Waals surface area contributed by atoms with Crippen LogP contribution >= 0.6 is 0 Å². The maximum absolute atomic E-state index is 11.7. The van der Waals surface area contributed by atoms with Gasteiger partial charge in [-0.05, 0) is 30.7 Å². The Morgan fingerprint density at radius 1 is 1.46 bits per heavy atom. The number of halogens is 3. The van der Waals surface area contributed by atoms with Gasteiger partial charge in [0.1, 0.15) is 5.75 Å². The second-order valence-corrected chi connectivity index (χ2v) is 2.61. The minimum absolute atomic E-state index is 0.216. The number of alkyl halides is 3. The summed E-state index contributed by atoms with van der Waals surface area (Å²) in [5, 5.41) is 0. The van der Waals surface area contributed by atoms with Crippen molar-refractivity contribution in [1.29, 1.82) is 0 Å². The summed E-state index contributed by atoms with van der Waals surface area (Å²) >= 11 is 0. The first-order valence-corrected chi connectivity index (χ1v) is 3.65. The highest BCUT2D eigenvalue weighted by molar-refractivity contribution is 5.26. The van der Waals surface area contributed by atoms with Crippen LogP contribution in [0.2, 0.25) is 0 Å². The molecule has 4 heteroatoms. The van der Waals surface area contributed by atoms with Crippen LogP contribution in [0.15, 0.2) is 18.2 Å². The van der Waals surface area contributed by atoms with Gasteiger partial charge in [-0.1, -0.05) is 6.07 Å². The molecule has 0 heterocycles. The summed E-state index contributed by atoms with van der Waals surface area (Å²) in [5.41, 5.74) is 0.750. The lowest BCUT2D eigenvalue weighted by molar-refractivity contribution is -0.153. The van der Waals surface area contributed by atoms with Crippen LogP contribution in [0.4, 0.5) is 13.2 Å². The number of hydrogen-bond donors (Lipinski definition) is 0. The van der Waals surface area contributed by atoms with Crippen molar-refractivity contribution in [2.45, 2.75) is 13.1 Å². The van der Waals surface area contributed by atoms with Crippen molar-refractivity contribution in [3.63, 3.8) is 0 Å². The van der Waals surface area contributed by atoms with Crippen LogP contribution in [0.5, 0.6) is 5.75 Å². The van der Waals surface area contributed by atoms with Gasteiger partial charge in [0, 0.05) is 0 Å². The fraction of sp³-hybridized carbons (Fsp3) is 0.333. The lowest BCUT2D eigenvalue weighted by Crippen LogP contribution is -2.19. The Labute approximate surface area is 74.1 Å². The minimum atomic E-state index is -4.28. The molecule has 0 saturated heterocycles. The second kappa shape index (κ2) is 3.68. The maximum Gasteiger partial charge on any atom is 0.422 e. The highest BCUT2D eigenvalue weighted by atomic mass is 19.4. The molecule has 0 aliphatic rings. The quantitative estimate of drug-likeness (QED) is 0.695. The van der Waals surface area contributed by atoms with Gasteiger partial charge in [0.2, 0.25) is 0 Å². The fourth-order valence-electron chi connectivity index (χ4n) is 0.813. The number of hydrogen-bond acceptors (Lipinski definition) is 1. The Kier molecular flexibility index (Phi) is 2.80. The number of aryl methyl sites for hydroxylation is 1. The van der Waals surface area contributed by atoms with E-state index in [1.54, 1.807) is 6.92 Å². The molecule has 0 aliphatic heterocycles. The number of ether oxygens (including phenoxy) is 1. The predicted molar refractivity (Wildman–Crippen MR) is 41.6 cm³/mol. The van der Waals surface area contributed by atoms with Crippen LogP contribution in [0.25, 0.3) is 0 Å². The van der Waals surface area contributed by atoms with Crippen molar-refractivity contribution < 1.29 is 17.9 Å². The summed E-state index contributed by atoms with van der Waals surface area (Å²) in [6, 6.07) is 7.29. The molecule has 1 aromatic rings. The average Bonchev–Trinajstić information content (AvgIpc) is 2.00. The zero-order chi connectivity index (χ0) is 9.90. The van der Waals surface area contributed by atoms with Crippen LogP contribution in [-0.2, 0) is 0 Å². The summed E-state index contributed by atoms with van der Waals surface area (Å²) in [5.74, 6) is 0.216. The van der Waals surface area contributed by atoms with Gasteiger partial charge in [0.05, 0.1) is 0 Å². The van der Waals surface area contributed by atoms with E-state index >= 15 is 0 Å². The van der Waals surface area contributed by atoms with E-state index in [1.807, 2.05) is 0 Å². The molecule has 0 unspecified atom stereocenters. The average molecular weight is 189 g/mol. The standard InChI is InChI=1S/C9H8F3O/c1-7-3-2-4-8(5-7)13-6-9(10,11)12/h2,4-5H,6H2,1H3. The van der Waals surface area contributed by atoms with E-state index in [2.05, 4.69) is 10.8 Å². The van der Waals surface area contributed by atoms with E-state index in [0.29, 0.717) is 0 Å². The Morgan fingerprint density at radius 3 is 2.69 bits per heavy atom. The van der Waals surface area contributed by atoms with E-state index in [4.69, 9.17) is 0 Å². The molecule has 1 aromatic carbocycles. The van der Waals surface area contributed by atoms with Crippen molar-refractivity contribution in [3.05, 3.63) is 29.8 Å². The topological polar surface area (TPSA) is 9.23 Å². The van der Waals surface area contributed by atoms with Crippen molar-refractivity contribution >= 4 is 0 Å². The van der Waals surface area contributed by atoms with Gasteiger partial charge >= 0.3 is 6.18 Å². The van der Waals surface area contributed by atoms with Crippen molar-refractivity contribution in [3.8, 4) is 5.75 Å². The molecule has 0 aromatic heterocycles. The van der Waals surface area contributed by atoms with Gasteiger partial charge in [0.25, 0.3) is 0 Å².